The summed E-state index contributed by atoms with van der Waals surface area (Å²) in [6, 6.07) is -0.659. The Bertz CT molecular complexity index is 561. The van der Waals surface area contributed by atoms with E-state index < -0.39 is 30.8 Å². The summed E-state index contributed by atoms with van der Waals surface area (Å²) in [5.74, 6) is 1.02. The van der Waals surface area contributed by atoms with Crippen LogP contribution in [0.2, 0.25) is 0 Å². The number of amides is 2. The van der Waals surface area contributed by atoms with Crippen LogP contribution >= 0.6 is 0 Å². The molecule has 1 unspecified atom stereocenters. The Morgan fingerprint density at radius 2 is 2.22 bits per heavy atom. The smallest absolute Gasteiger partial charge is 0.379 e. The number of β-amino-alcohol motifs (C(OH)–C–C–N with tert-alkyl or cyclic N) is 1. The average Bonchev–Trinajstić information content (AvgIpc) is 3.05. The summed E-state index contributed by atoms with van der Waals surface area (Å²) >= 11 is 0. The molecule has 1 aliphatic rings. The molecule has 1 saturated heterocycles. The Balaban J connectivity index is 1.79. The fourth-order valence-electron chi connectivity index (χ4n) is 2.19. The van der Waals surface area contributed by atoms with Gasteiger partial charge in [0.1, 0.15) is 0 Å². The third-order valence-corrected chi connectivity index (χ3v) is 3.68. The van der Waals surface area contributed by atoms with Crippen molar-refractivity contribution in [3.8, 4) is 0 Å². The van der Waals surface area contributed by atoms with Crippen LogP contribution in [0.15, 0.2) is 4.52 Å². The predicted octanol–water partition coefficient (Wildman–Crippen LogP) is 1.44. The standard InChI is InChI=1S/C13H19F3N4O3/c1-8(2)10-18-9(23-19-10)3-5-17-11(21)20-6-4-12(22,7-20)13(14,15)16/h8,22H,3-7H2,1-2H3,(H,17,21). The van der Waals surface area contributed by atoms with Crippen LogP contribution in [0.25, 0.3) is 0 Å². The highest BCUT2D eigenvalue weighted by atomic mass is 19.4. The van der Waals surface area contributed by atoms with Gasteiger partial charge in [0, 0.05) is 31.8 Å². The van der Waals surface area contributed by atoms with Gasteiger partial charge in [-0.25, -0.2) is 4.79 Å². The van der Waals surface area contributed by atoms with Crippen LogP contribution in [-0.4, -0.2) is 57.6 Å². The van der Waals surface area contributed by atoms with Gasteiger partial charge in [-0.3, -0.25) is 0 Å². The first kappa shape index (κ1) is 17.5. The molecular weight excluding hydrogens is 317 g/mol. The first-order valence-electron chi connectivity index (χ1n) is 7.27. The lowest BCUT2D eigenvalue weighted by Crippen LogP contribution is -2.49. The van der Waals surface area contributed by atoms with Gasteiger partial charge in [-0.15, -0.1) is 0 Å². The Morgan fingerprint density at radius 3 is 2.74 bits per heavy atom. The van der Waals surface area contributed by atoms with E-state index in [1.807, 2.05) is 13.8 Å². The summed E-state index contributed by atoms with van der Waals surface area (Å²) in [4.78, 5) is 16.9. The number of carbonyl (C=O) groups excluding carboxylic acids is 1. The van der Waals surface area contributed by atoms with Crippen molar-refractivity contribution in [2.45, 2.75) is 44.4 Å². The molecule has 0 spiro atoms. The molecule has 2 N–H and O–H groups in total. The van der Waals surface area contributed by atoms with Gasteiger partial charge < -0.3 is 19.8 Å². The van der Waals surface area contributed by atoms with Gasteiger partial charge in [-0.1, -0.05) is 19.0 Å². The number of urea groups is 1. The molecule has 0 aliphatic carbocycles. The van der Waals surface area contributed by atoms with Gasteiger partial charge in [-0.05, 0) is 0 Å². The molecule has 0 radical (unpaired) electrons. The van der Waals surface area contributed by atoms with Crippen molar-refractivity contribution in [3.63, 3.8) is 0 Å². The fourth-order valence-corrected chi connectivity index (χ4v) is 2.19. The van der Waals surface area contributed by atoms with Crippen molar-refractivity contribution in [3.05, 3.63) is 11.7 Å². The van der Waals surface area contributed by atoms with Crippen LogP contribution in [0.5, 0.6) is 0 Å². The number of halogens is 3. The maximum atomic E-state index is 12.7. The number of rotatable bonds is 4. The van der Waals surface area contributed by atoms with Crippen LogP contribution in [0.4, 0.5) is 18.0 Å². The van der Waals surface area contributed by atoms with Gasteiger partial charge in [0.05, 0.1) is 6.54 Å². The number of nitrogens with one attached hydrogen (secondary N) is 1. The average molecular weight is 336 g/mol. The van der Waals surface area contributed by atoms with E-state index in [2.05, 4.69) is 15.5 Å². The topological polar surface area (TPSA) is 91.5 Å². The molecule has 2 heterocycles. The molecule has 0 bridgehead atoms. The summed E-state index contributed by atoms with van der Waals surface area (Å²) in [5.41, 5.74) is -2.83. The summed E-state index contributed by atoms with van der Waals surface area (Å²) in [6.07, 6.45) is -4.99. The summed E-state index contributed by atoms with van der Waals surface area (Å²) in [7, 11) is 0. The lowest BCUT2D eigenvalue weighted by molar-refractivity contribution is -0.253. The minimum absolute atomic E-state index is 0.117. The van der Waals surface area contributed by atoms with E-state index in [0.717, 1.165) is 4.90 Å². The Hall–Kier alpha value is -1.84. The number of likely N-dealkylation sites (tertiary alicyclic amines) is 1. The summed E-state index contributed by atoms with van der Waals surface area (Å²) in [6.45, 7) is 3.05. The van der Waals surface area contributed by atoms with E-state index in [9.17, 15) is 23.1 Å². The second-order valence-electron chi connectivity index (χ2n) is 5.88. The maximum absolute atomic E-state index is 12.7. The molecule has 1 atom stereocenters. The van der Waals surface area contributed by atoms with E-state index >= 15 is 0 Å². The second kappa shape index (κ2) is 6.34. The van der Waals surface area contributed by atoms with Crippen molar-refractivity contribution in [2.24, 2.45) is 0 Å². The second-order valence-corrected chi connectivity index (χ2v) is 5.88. The zero-order valence-electron chi connectivity index (χ0n) is 12.9. The minimum Gasteiger partial charge on any atom is -0.379 e. The van der Waals surface area contributed by atoms with Gasteiger partial charge >= 0.3 is 12.2 Å². The summed E-state index contributed by atoms with van der Waals surface area (Å²) in [5, 5.41) is 15.8. The first-order chi connectivity index (χ1) is 10.6. The molecule has 0 aromatic carbocycles. The molecular formula is C13H19F3N4O3. The fraction of sp³-hybridized carbons (Fsp3) is 0.769. The predicted molar refractivity (Wildman–Crippen MR) is 72.7 cm³/mol. The third-order valence-electron chi connectivity index (χ3n) is 3.68. The molecule has 130 valence electrons. The number of carbonyl (C=O) groups is 1. The van der Waals surface area contributed by atoms with Crippen molar-refractivity contribution in [1.29, 1.82) is 0 Å². The van der Waals surface area contributed by atoms with E-state index in [0.29, 0.717) is 11.7 Å². The molecule has 23 heavy (non-hydrogen) atoms. The molecule has 1 aromatic rings. The Labute approximate surface area is 130 Å². The normalized spacial score (nSPS) is 22.0. The van der Waals surface area contributed by atoms with E-state index in [4.69, 9.17) is 4.52 Å². The first-order valence-corrected chi connectivity index (χ1v) is 7.27. The number of aromatic nitrogens is 2. The zero-order chi connectivity index (χ0) is 17.3. The molecule has 2 amide bonds. The van der Waals surface area contributed by atoms with Crippen LogP contribution in [0.3, 0.4) is 0 Å². The quantitative estimate of drug-likeness (QED) is 0.868. The highest BCUT2D eigenvalue weighted by molar-refractivity contribution is 5.74. The van der Waals surface area contributed by atoms with Crippen LogP contribution in [0.1, 0.15) is 37.9 Å². The Kier molecular flexibility index (Phi) is 4.83. The number of hydrogen-bond donors (Lipinski definition) is 2. The Morgan fingerprint density at radius 1 is 1.52 bits per heavy atom. The highest BCUT2D eigenvalue weighted by Gasteiger charge is 2.57. The van der Waals surface area contributed by atoms with Gasteiger partial charge in [0.25, 0.3) is 0 Å². The van der Waals surface area contributed by atoms with Gasteiger partial charge in [-0.2, -0.15) is 18.2 Å². The molecule has 1 fully saturated rings. The van der Waals surface area contributed by atoms with Crippen molar-refractivity contribution < 1.29 is 27.6 Å². The van der Waals surface area contributed by atoms with E-state index in [-0.39, 0.29) is 25.4 Å². The van der Waals surface area contributed by atoms with Crippen LogP contribution < -0.4 is 5.32 Å². The van der Waals surface area contributed by atoms with E-state index in [1.54, 1.807) is 0 Å². The molecule has 0 saturated carbocycles. The van der Waals surface area contributed by atoms with Gasteiger partial charge in [0.2, 0.25) is 5.89 Å². The number of alkyl halides is 3. The van der Waals surface area contributed by atoms with Crippen LogP contribution in [-0.2, 0) is 6.42 Å². The lowest BCUT2D eigenvalue weighted by atomic mass is 10.0. The largest absolute Gasteiger partial charge is 0.419 e. The van der Waals surface area contributed by atoms with Crippen LogP contribution in [0, 0.1) is 0 Å². The number of aliphatic hydroxyl groups is 1. The molecule has 1 aliphatic heterocycles. The SMILES string of the molecule is CC(C)c1noc(CCNC(=O)N2CCC(O)(C(F)(F)F)C2)n1. The van der Waals surface area contributed by atoms with Crippen molar-refractivity contribution >= 4 is 6.03 Å². The highest BCUT2D eigenvalue weighted by Crippen LogP contribution is 2.37. The minimum atomic E-state index is -4.75. The van der Waals surface area contributed by atoms with Crippen molar-refractivity contribution in [2.75, 3.05) is 19.6 Å². The number of hydrogen-bond acceptors (Lipinski definition) is 5. The molecule has 7 nitrogen and oxygen atoms in total. The van der Waals surface area contributed by atoms with Gasteiger partial charge in [0.15, 0.2) is 11.4 Å². The monoisotopic (exact) mass is 336 g/mol. The maximum Gasteiger partial charge on any atom is 0.419 e. The van der Waals surface area contributed by atoms with E-state index in [1.165, 1.54) is 0 Å². The van der Waals surface area contributed by atoms with Crippen molar-refractivity contribution in [1.82, 2.24) is 20.4 Å². The molecule has 2 rings (SSSR count). The zero-order valence-corrected chi connectivity index (χ0v) is 12.9. The number of nitrogens with zero attached hydrogens (tertiary/aromatic N) is 3. The third kappa shape index (κ3) is 3.92. The lowest BCUT2D eigenvalue weighted by Gasteiger charge is -2.25. The summed E-state index contributed by atoms with van der Waals surface area (Å²) < 4.78 is 43.1. The molecule has 1 aromatic heterocycles. The molecule has 10 heteroatoms.